The lowest BCUT2D eigenvalue weighted by Crippen LogP contribution is -2.36. The van der Waals surface area contributed by atoms with Crippen LogP contribution in [-0.2, 0) is 17.8 Å². The van der Waals surface area contributed by atoms with Gasteiger partial charge in [0, 0.05) is 44.0 Å². The van der Waals surface area contributed by atoms with Gasteiger partial charge in [-0.15, -0.1) is 0 Å². The summed E-state index contributed by atoms with van der Waals surface area (Å²) in [7, 11) is 2.22. The number of nitrogens with zero attached hydrogens (tertiary/aromatic N) is 3. The molecular formula is C22H26N4O. The number of hydrogen-bond acceptors (Lipinski definition) is 4. The molecule has 27 heavy (non-hydrogen) atoms. The van der Waals surface area contributed by atoms with Crippen LogP contribution in [0, 0.1) is 0 Å². The highest BCUT2D eigenvalue weighted by Gasteiger charge is 2.25. The molecule has 0 spiro atoms. The first-order valence-electron chi connectivity index (χ1n) is 9.79. The zero-order chi connectivity index (χ0) is 18.2. The zero-order valence-electron chi connectivity index (χ0n) is 15.8. The van der Waals surface area contributed by atoms with Gasteiger partial charge in [0.2, 0.25) is 0 Å². The van der Waals surface area contributed by atoms with Gasteiger partial charge < -0.3 is 9.64 Å². The Hall–Kier alpha value is -2.21. The number of ether oxygens (including phenoxy) is 1. The molecule has 5 rings (SSSR count). The summed E-state index contributed by atoms with van der Waals surface area (Å²) in [5.41, 5.74) is 6.82. The second-order valence-corrected chi connectivity index (χ2v) is 7.89. The Morgan fingerprint density at radius 1 is 1.15 bits per heavy atom. The van der Waals surface area contributed by atoms with Gasteiger partial charge in [0.05, 0.1) is 24.9 Å². The average Bonchev–Trinajstić information content (AvgIpc) is 3.15. The fourth-order valence-corrected chi connectivity index (χ4v) is 4.48. The number of likely N-dealkylation sites (N-methyl/N-ethyl adjacent to an activating group) is 1. The number of aromatic amines is 1. The van der Waals surface area contributed by atoms with E-state index in [1.54, 1.807) is 0 Å². The Morgan fingerprint density at radius 2 is 2.04 bits per heavy atom. The molecule has 1 saturated heterocycles. The second kappa shape index (κ2) is 7.08. The Morgan fingerprint density at radius 3 is 2.93 bits per heavy atom. The molecular weight excluding hydrogens is 336 g/mol. The van der Waals surface area contributed by atoms with E-state index in [-0.39, 0.29) is 0 Å². The van der Waals surface area contributed by atoms with Crippen LogP contribution >= 0.6 is 0 Å². The van der Waals surface area contributed by atoms with Crippen LogP contribution in [0.4, 0.5) is 0 Å². The lowest BCUT2D eigenvalue weighted by molar-refractivity contribution is 0.0341. The van der Waals surface area contributed by atoms with Crippen molar-refractivity contribution in [2.45, 2.75) is 19.0 Å². The molecule has 2 aromatic carbocycles. The number of aromatic nitrogens is 2. The van der Waals surface area contributed by atoms with Crippen molar-refractivity contribution in [3.8, 4) is 0 Å². The highest BCUT2D eigenvalue weighted by Crippen LogP contribution is 2.34. The van der Waals surface area contributed by atoms with Crippen molar-refractivity contribution in [1.29, 1.82) is 0 Å². The van der Waals surface area contributed by atoms with E-state index in [4.69, 9.17) is 4.74 Å². The van der Waals surface area contributed by atoms with Gasteiger partial charge in [0.15, 0.2) is 0 Å². The van der Waals surface area contributed by atoms with E-state index in [1.807, 2.05) is 6.20 Å². The summed E-state index contributed by atoms with van der Waals surface area (Å²) in [5.74, 6) is 0.412. The standard InChI is InChI=1S/C22H26N4O/c1-25-14-19-10-16(13-26-6-8-27-9-7-26)2-4-20(19)21(15-25)17-3-5-22-18(11-17)12-23-24-22/h2-5,10-12,21H,6-9,13-15H2,1H3,(H,23,24). The molecule has 5 heteroatoms. The molecule has 5 nitrogen and oxygen atoms in total. The van der Waals surface area contributed by atoms with Crippen molar-refractivity contribution in [1.82, 2.24) is 20.0 Å². The van der Waals surface area contributed by atoms with Crippen LogP contribution in [0.2, 0.25) is 0 Å². The van der Waals surface area contributed by atoms with Crippen LogP contribution in [0.3, 0.4) is 0 Å². The number of fused-ring (bicyclic) bond motifs is 2. The molecule has 1 N–H and O–H groups in total. The van der Waals surface area contributed by atoms with Crippen LogP contribution < -0.4 is 0 Å². The van der Waals surface area contributed by atoms with Gasteiger partial charge in [-0.05, 0) is 41.4 Å². The van der Waals surface area contributed by atoms with E-state index >= 15 is 0 Å². The first-order valence-corrected chi connectivity index (χ1v) is 9.79. The number of hydrogen-bond donors (Lipinski definition) is 1. The van der Waals surface area contributed by atoms with Crippen molar-refractivity contribution in [3.05, 3.63) is 64.8 Å². The van der Waals surface area contributed by atoms with Gasteiger partial charge in [-0.2, -0.15) is 5.10 Å². The van der Waals surface area contributed by atoms with Gasteiger partial charge in [0.25, 0.3) is 0 Å². The van der Waals surface area contributed by atoms with Crippen LogP contribution in [0.25, 0.3) is 10.9 Å². The van der Waals surface area contributed by atoms with Gasteiger partial charge in [-0.1, -0.05) is 24.3 Å². The largest absolute Gasteiger partial charge is 0.379 e. The molecule has 0 amide bonds. The third kappa shape index (κ3) is 3.38. The maximum Gasteiger partial charge on any atom is 0.0650 e. The maximum absolute atomic E-state index is 5.47. The number of H-pyrrole nitrogens is 1. The normalized spacial score (nSPS) is 21.4. The fourth-order valence-electron chi connectivity index (χ4n) is 4.48. The molecule has 140 valence electrons. The minimum Gasteiger partial charge on any atom is -0.379 e. The maximum atomic E-state index is 5.47. The monoisotopic (exact) mass is 362 g/mol. The van der Waals surface area contributed by atoms with Gasteiger partial charge in [-0.3, -0.25) is 10.00 Å². The first-order chi connectivity index (χ1) is 13.3. The molecule has 2 aliphatic heterocycles. The Kier molecular flexibility index (Phi) is 4.44. The van der Waals surface area contributed by atoms with E-state index in [0.29, 0.717) is 5.92 Å². The molecule has 3 heterocycles. The van der Waals surface area contributed by atoms with Gasteiger partial charge in [0.1, 0.15) is 0 Å². The van der Waals surface area contributed by atoms with E-state index in [2.05, 4.69) is 63.4 Å². The Bertz CT molecular complexity index is 944. The second-order valence-electron chi connectivity index (χ2n) is 7.89. The van der Waals surface area contributed by atoms with E-state index < -0.39 is 0 Å². The minimum absolute atomic E-state index is 0.412. The van der Waals surface area contributed by atoms with Crippen LogP contribution in [0.15, 0.2) is 42.6 Å². The lowest BCUT2D eigenvalue weighted by atomic mass is 9.83. The Labute approximate surface area is 159 Å². The number of morpholine rings is 1. The number of nitrogens with one attached hydrogen (secondary N) is 1. The van der Waals surface area contributed by atoms with E-state index in [1.165, 1.54) is 27.6 Å². The van der Waals surface area contributed by atoms with Crippen molar-refractivity contribution < 1.29 is 4.74 Å². The summed E-state index contributed by atoms with van der Waals surface area (Å²) in [4.78, 5) is 4.92. The van der Waals surface area contributed by atoms with Crippen molar-refractivity contribution in [2.24, 2.45) is 0 Å². The van der Waals surface area contributed by atoms with Gasteiger partial charge in [-0.25, -0.2) is 0 Å². The topological polar surface area (TPSA) is 44.4 Å². The summed E-state index contributed by atoms with van der Waals surface area (Å²) >= 11 is 0. The number of rotatable bonds is 3. The quantitative estimate of drug-likeness (QED) is 0.778. The summed E-state index contributed by atoms with van der Waals surface area (Å²) in [6.07, 6.45) is 1.91. The third-order valence-corrected chi connectivity index (χ3v) is 5.89. The van der Waals surface area contributed by atoms with Crippen LogP contribution in [0.1, 0.15) is 28.2 Å². The van der Waals surface area contributed by atoms with Crippen molar-refractivity contribution >= 4 is 10.9 Å². The predicted octanol–water partition coefficient (Wildman–Crippen LogP) is 2.97. The summed E-state index contributed by atoms with van der Waals surface area (Å²) in [6.45, 7) is 6.87. The summed E-state index contributed by atoms with van der Waals surface area (Å²) in [6, 6.07) is 13.8. The van der Waals surface area contributed by atoms with Crippen molar-refractivity contribution in [2.75, 3.05) is 39.9 Å². The van der Waals surface area contributed by atoms with Crippen LogP contribution in [0.5, 0.6) is 0 Å². The molecule has 0 saturated carbocycles. The molecule has 3 aromatic rings. The predicted molar refractivity (Wildman–Crippen MR) is 107 cm³/mol. The molecule has 0 radical (unpaired) electrons. The lowest BCUT2D eigenvalue weighted by Gasteiger charge is -2.33. The SMILES string of the molecule is CN1Cc2cc(CN3CCOCC3)ccc2C(c2ccc3[nH]ncc3c2)C1. The summed E-state index contributed by atoms with van der Waals surface area (Å²) < 4.78 is 5.47. The number of benzene rings is 2. The minimum atomic E-state index is 0.412. The molecule has 1 aromatic heterocycles. The highest BCUT2D eigenvalue weighted by molar-refractivity contribution is 5.78. The zero-order valence-corrected chi connectivity index (χ0v) is 15.8. The highest BCUT2D eigenvalue weighted by atomic mass is 16.5. The van der Waals surface area contributed by atoms with E-state index in [0.717, 1.165) is 51.5 Å². The Balaban J connectivity index is 1.45. The van der Waals surface area contributed by atoms with Crippen molar-refractivity contribution in [3.63, 3.8) is 0 Å². The summed E-state index contributed by atoms with van der Waals surface area (Å²) in [5, 5.41) is 8.40. The van der Waals surface area contributed by atoms with E-state index in [9.17, 15) is 0 Å². The molecule has 0 bridgehead atoms. The first kappa shape index (κ1) is 16.9. The van der Waals surface area contributed by atoms with Crippen LogP contribution in [-0.4, -0.2) is 59.9 Å². The van der Waals surface area contributed by atoms with Gasteiger partial charge >= 0.3 is 0 Å². The molecule has 1 atom stereocenters. The molecule has 0 aliphatic carbocycles. The smallest absolute Gasteiger partial charge is 0.0650 e. The molecule has 1 unspecified atom stereocenters. The average molecular weight is 362 g/mol. The molecule has 1 fully saturated rings. The fraction of sp³-hybridized carbons (Fsp3) is 0.409. The third-order valence-electron chi connectivity index (χ3n) is 5.89. The molecule has 2 aliphatic rings.